The zero-order valence-corrected chi connectivity index (χ0v) is 13.2. The first-order chi connectivity index (χ1) is 10.2. The summed E-state index contributed by atoms with van der Waals surface area (Å²) in [4.78, 5) is 15.8. The van der Waals surface area contributed by atoms with Gasteiger partial charge in [0.2, 0.25) is 5.91 Å². The average Bonchev–Trinajstić information content (AvgIpc) is 3.11. The Morgan fingerprint density at radius 2 is 1.95 bits per heavy atom. The fourth-order valence-corrected chi connectivity index (χ4v) is 3.84. The van der Waals surface area contributed by atoms with Crippen LogP contribution in [0.15, 0.2) is 0 Å². The monoisotopic (exact) mass is 296 g/mol. The van der Waals surface area contributed by atoms with Gasteiger partial charge in [-0.25, -0.2) is 0 Å². The summed E-state index contributed by atoms with van der Waals surface area (Å²) < 4.78 is 12.1. The molecule has 0 aliphatic carbocycles. The molecular weight excluding hydrogens is 268 g/mol. The summed E-state index contributed by atoms with van der Waals surface area (Å²) in [7, 11) is 0. The van der Waals surface area contributed by atoms with Gasteiger partial charge in [-0.05, 0) is 38.8 Å². The van der Waals surface area contributed by atoms with Crippen LogP contribution in [0.5, 0.6) is 0 Å². The van der Waals surface area contributed by atoms with Crippen molar-refractivity contribution in [1.29, 1.82) is 0 Å². The summed E-state index contributed by atoms with van der Waals surface area (Å²) in [6, 6.07) is 0. The molecule has 3 aliphatic rings. The van der Waals surface area contributed by atoms with E-state index >= 15 is 0 Å². The molecule has 1 atom stereocenters. The quantitative estimate of drug-likeness (QED) is 0.783. The number of piperidine rings is 1. The minimum absolute atomic E-state index is 0.0236. The van der Waals surface area contributed by atoms with Gasteiger partial charge in [0, 0.05) is 33.0 Å². The van der Waals surface area contributed by atoms with Crippen LogP contribution in [0.2, 0.25) is 0 Å². The number of hydrogen-bond donors (Lipinski definition) is 0. The third kappa shape index (κ3) is 3.76. The number of hydrogen-bond acceptors (Lipinski definition) is 4. The van der Waals surface area contributed by atoms with E-state index in [4.69, 9.17) is 9.47 Å². The highest BCUT2D eigenvalue weighted by Crippen LogP contribution is 2.36. The fourth-order valence-electron chi connectivity index (χ4n) is 3.84. The maximum absolute atomic E-state index is 11.4. The molecule has 3 heterocycles. The first kappa shape index (κ1) is 15.3. The van der Waals surface area contributed by atoms with Crippen molar-refractivity contribution in [3.05, 3.63) is 0 Å². The molecule has 0 N–H and O–H groups in total. The van der Waals surface area contributed by atoms with Crippen LogP contribution < -0.4 is 0 Å². The van der Waals surface area contributed by atoms with Gasteiger partial charge >= 0.3 is 0 Å². The third-order valence-corrected chi connectivity index (χ3v) is 5.25. The molecule has 5 heteroatoms. The van der Waals surface area contributed by atoms with Crippen molar-refractivity contribution in [2.24, 2.45) is 0 Å². The molecule has 3 saturated heterocycles. The van der Waals surface area contributed by atoms with E-state index in [-0.39, 0.29) is 17.6 Å². The molecule has 3 aliphatic heterocycles. The summed E-state index contributed by atoms with van der Waals surface area (Å²) in [6.45, 7) is 8.37. The molecule has 0 aromatic heterocycles. The lowest BCUT2D eigenvalue weighted by Crippen LogP contribution is -2.45. The minimum atomic E-state index is -0.0236. The molecule has 0 aromatic rings. The van der Waals surface area contributed by atoms with Gasteiger partial charge in [0.15, 0.2) is 0 Å². The normalized spacial score (nSPS) is 29.4. The molecule has 1 amide bonds. The van der Waals surface area contributed by atoms with E-state index in [1.807, 2.05) is 4.90 Å². The van der Waals surface area contributed by atoms with Crippen LogP contribution in [-0.2, 0) is 14.3 Å². The van der Waals surface area contributed by atoms with Gasteiger partial charge in [-0.2, -0.15) is 0 Å². The Bertz CT molecular complexity index is 361. The zero-order valence-electron chi connectivity index (χ0n) is 13.2. The van der Waals surface area contributed by atoms with Crippen LogP contribution in [0.4, 0.5) is 0 Å². The number of likely N-dealkylation sites (tertiary alicyclic amines) is 2. The second kappa shape index (κ2) is 6.63. The van der Waals surface area contributed by atoms with Crippen LogP contribution in [0.25, 0.3) is 0 Å². The number of carbonyl (C=O) groups excluding carboxylic acids is 1. The second-order valence-corrected chi connectivity index (χ2v) is 6.75. The summed E-state index contributed by atoms with van der Waals surface area (Å²) >= 11 is 0. The maximum Gasteiger partial charge on any atom is 0.219 e. The zero-order chi connectivity index (χ0) is 14.7. The van der Waals surface area contributed by atoms with Gasteiger partial charge in [-0.1, -0.05) is 0 Å². The van der Waals surface area contributed by atoms with Crippen LogP contribution >= 0.6 is 0 Å². The van der Waals surface area contributed by atoms with E-state index in [1.165, 1.54) is 25.9 Å². The lowest BCUT2D eigenvalue weighted by Gasteiger charge is -2.38. The molecular formula is C16H28N2O3. The summed E-state index contributed by atoms with van der Waals surface area (Å²) in [5.41, 5.74) is -0.0236. The van der Waals surface area contributed by atoms with Crippen molar-refractivity contribution in [1.82, 2.24) is 9.80 Å². The Morgan fingerprint density at radius 1 is 1.24 bits per heavy atom. The average molecular weight is 296 g/mol. The molecule has 0 saturated carbocycles. The van der Waals surface area contributed by atoms with E-state index in [0.717, 1.165) is 52.1 Å². The third-order valence-electron chi connectivity index (χ3n) is 5.25. The highest BCUT2D eigenvalue weighted by Gasteiger charge is 2.43. The Hall–Kier alpha value is -0.650. The molecule has 1 spiro atoms. The number of ether oxygens (including phenoxy) is 2. The Morgan fingerprint density at radius 3 is 2.62 bits per heavy atom. The van der Waals surface area contributed by atoms with Gasteiger partial charge in [0.1, 0.15) is 0 Å². The van der Waals surface area contributed by atoms with Gasteiger partial charge < -0.3 is 19.3 Å². The lowest BCUT2D eigenvalue weighted by molar-refractivity contribution is -0.133. The fraction of sp³-hybridized carbons (Fsp3) is 0.938. The summed E-state index contributed by atoms with van der Waals surface area (Å²) in [5, 5.41) is 0. The number of rotatable bonds is 4. The topological polar surface area (TPSA) is 42.0 Å². The van der Waals surface area contributed by atoms with E-state index in [2.05, 4.69) is 4.90 Å². The molecule has 21 heavy (non-hydrogen) atoms. The summed E-state index contributed by atoms with van der Waals surface area (Å²) in [5.74, 6) is 0.182. The Balaban J connectivity index is 1.38. The van der Waals surface area contributed by atoms with Crippen molar-refractivity contribution in [2.75, 3.05) is 45.9 Å². The maximum atomic E-state index is 11.4. The minimum Gasteiger partial charge on any atom is -0.374 e. The molecule has 0 radical (unpaired) electrons. The highest BCUT2D eigenvalue weighted by atomic mass is 16.6. The second-order valence-electron chi connectivity index (χ2n) is 6.75. The smallest absolute Gasteiger partial charge is 0.219 e. The molecule has 3 fully saturated rings. The molecule has 3 rings (SSSR count). The molecule has 0 unspecified atom stereocenters. The standard InChI is InChI=1S/C16H28N2O3/c1-14(19)18-8-4-16(5-9-18)12-15(13-21-16)20-11-10-17-6-2-3-7-17/h15H,2-13H2,1H3/t15-/m1/s1. The first-order valence-corrected chi connectivity index (χ1v) is 8.40. The van der Waals surface area contributed by atoms with Crippen molar-refractivity contribution < 1.29 is 14.3 Å². The van der Waals surface area contributed by atoms with Crippen LogP contribution in [0.3, 0.4) is 0 Å². The first-order valence-electron chi connectivity index (χ1n) is 8.40. The molecule has 120 valence electrons. The van der Waals surface area contributed by atoms with Crippen LogP contribution in [0.1, 0.15) is 39.0 Å². The van der Waals surface area contributed by atoms with Gasteiger partial charge in [-0.3, -0.25) is 4.79 Å². The van der Waals surface area contributed by atoms with Gasteiger partial charge in [-0.15, -0.1) is 0 Å². The Kier molecular flexibility index (Phi) is 4.82. The Labute approximate surface area is 127 Å². The van der Waals surface area contributed by atoms with Crippen molar-refractivity contribution in [3.8, 4) is 0 Å². The van der Waals surface area contributed by atoms with E-state index in [0.29, 0.717) is 0 Å². The molecule has 5 nitrogen and oxygen atoms in total. The SMILES string of the molecule is CC(=O)N1CCC2(CC1)C[C@@H](OCCN1CCCC1)CO2. The molecule has 0 aromatic carbocycles. The van der Waals surface area contributed by atoms with E-state index in [1.54, 1.807) is 6.92 Å². The van der Waals surface area contributed by atoms with Crippen LogP contribution in [-0.4, -0.2) is 73.3 Å². The van der Waals surface area contributed by atoms with E-state index in [9.17, 15) is 4.79 Å². The van der Waals surface area contributed by atoms with E-state index < -0.39 is 0 Å². The largest absolute Gasteiger partial charge is 0.374 e. The van der Waals surface area contributed by atoms with Crippen molar-refractivity contribution in [2.45, 2.75) is 50.7 Å². The van der Waals surface area contributed by atoms with Crippen molar-refractivity contribution in [3.63, 3.8) is 0 Å². The van der Waals surface area contributed by atoms with Crippen LogP contribution in [0, 0.1) is 0 Å². The van der Waals surface area contributed by atoms with Crippen molar-refractivity contribution >= 4 is 5.91 Å². The lowest BCUT2D eigenvalue weighted by atomic mass is 9.88. The predicted molar refractivity (Wildman–Crippen MR) is 80.2 cm³/mol. The molecule has 0 bridgehead atoms. The van der Waals surface area contributed by atoms with Gasteiger partial charge in [0.25, 0.3) is 0 Å². The predicted octanol–water partition coefficient (Wildman–Crippen LogP) is 1.27. The summed E-state index contributed by atoms with van der Waals surface area (Å²) in [6.07, 6.45) is 5.83. The number of amides is 1. The number of nitrogens with zero attached hydrogens (tertiary/aromatic N) is 2. The highest BCUT2D eigenvalue weighted by molar-refractivity contribution is 5.73. The number of carbonyl (C=O) groups is 1. The van der Waals surface area contributed by atoms with Gasteiger partial charge in [0.05, 0.1) is 24.9 Å².